The number of likely N-dealkylation sites (N-methyl/N-ethyl adjacent to an activating group) is 1. The minimum absolute atomic E-state index is 0.0411. The molecule has 112 valence electrons. The summed E-state index contributed by atoms with van der Waals surface area (Å²) in [5.74, 6) is -4.18. The number of carbonyl (C=O) groups is 3. The van der Waals surface area contributed by atoms with Gasteiger partial charge < -0.3 is 21.3 Å². The Balaban J connectivity index is 0. The number of hydrogen-bond acceptors (Lipinski definition) is 4. The first-order valence-electron chi connectivity index (χ1n) is 5.07. The fourth-order valence-corrected chi connectivity index (χ4v) is 0.859. The van der Waals surface area contributed by atoms with Crippen molar-refractivity contribution < 1.29 is 37.8 Å². The van der Waals surface area contributed by atoms with Crippen LogP contribution in [0.2, 0.25) is 0 Å². The van der Waals surface area contributed by atoms with Crippen molar-refractivity contribution >= 4 is 17.8 Å². The molecule has 0 spiro atoms. The molecule has 0 aromatic rings. The summed E-state index contributed by atoms with van der Waals surface area (Å²) in [6.07, 6.45) is -4.88. The Hall–Kier alpha value is -1.84. The lowest BCUT2D eigenvalue weighted by molar-refractivity contribution is -0.192. The molecule has 0 aliphatic heterocycles. The van der Waals surface area contributed by atoms with Crippen LogP contribution in [-0.2, 0) is 14.4 Å². The van der Waals surface area contributed by atoms with Gasteiger partial charge in [0.15, 0.2) is 0 Å². The van der Waals surface area contributed by atoms with Crippen LogP contribution >= 0.6 is 0 Å². The van der Waals surface area contributed by atoms with E-state index in [2.05, 4.69) is 5.32 Å². The number of primary amides is 1. The third-order valence-electron chi connectivity index (χ3n) is 1.68. The first-order valence-corrected chi connectivity index (χ1v) is 5.07. The fourth-order valence-electron chi connectivity index (χ4n) is 0.859. The fraction of sp³-hybridized carbons (Fsp3) is 0.667. The highest BCUT2D eigenvalue weighted by Crippen LogP contribution is 2.13. The van der Waals surface area contributed by atoms with Crippen molar-refractivity contribution in [2.45, 2.75) is 32.0 Å². The summed E-state index contributed by atoms with van der Waals surface area (Å²) in [6, 6.07) is -0.522. The number of aliphatic carboxylic acids is 2. The molecule has 0 aromatic heterocycles. The largest absolute Gasteiger partial charge is 0.490 e. The van der Waals surface area contributed by atoms with Crippen LogP contribution in [0.3, 0.4) is 0 Å². The second kappa shape index (κ2) is 9.14. The predicted octanol–water partition coefficient (Wildman–Crippen LogP) is -0.0521. The molecule has 0 aliphatic carbocycles. The van der Waals surface area contributed by atoms with Crippen molar-refractivity contribution in [1.82, 2.24) is 5.32 Å². The predicted molar refractivity (Wildman–Crippen MR) is 57.2 cm³/mol. The summed E-state index contributed by atoms with van der Waals surface area (Å²) in [7, 11) is 0. The number of alkyl halides is 3. The first-order chi connectivity index (χ1) is 8.52. The molecule has 0 saturated heterocycles. The summed E-state index contributed by atoms with van der Waals surface area (Å²) in [4.78, 5) is 29.7. The number of hydrogen-bond donors (Lipinski definition) is 4. The molecule has 0 saturated carbocycles. The van der Waals surface area contributed by atoms with Gasteiger partial charge in [0.05, 0.1) is 6.04 Å². The molecule has 0 bridgehead atoms. The Morgan fingerprint density at radius 1 is 1.26 bits per heavy atom. The Morgan fingerprint density at radius 2 is 1.68 bits per heavy atom. The minimum atomic E-state index is -5.08. The maximum absolute atomic E-state index is 10.7. The summed E-state index contributed by atoms with van der Waals surface area (Å²) in [5.41, 5.74) is 5.01. The summed E-state index contributed by atoms with van der Waals surface area (Å²) in [5, 5.41) is 18.3. The van der Waals surface area contributed by atoms with Gasteiger partial charge in [-0.25, -0.2) is 4.79 Å². The Morgan fingerprint density at radius 3 is 1.89 bits per heavy atom. The van der Waals surface area contributed by atoms with E-state index in [1.54, 1.807) is 0 Å². The lowest BCUT2D eigenvalue weighted by Crippen LogP contribution is -2.41. The molecule has 5 N–H and O–H groups in total. The van der Waals surface area contributed by atoms with Crippen LogP contribution in [0.25, 0.3) is 0 Å². The lowest BCUT2D eigenvalue weighted by Gasteiger charge is -2.11. The zero-order chi connectivity index (χ0) is 15.6. The molecule has 19 heavy (non-hydrogen) atoms. The molecule has 0 unspecified atom stereocenters. The van der Waals surface area contributed by atoms with Crippen LogP contribution in [0.4, 0.5) is 13.2 Å². The number of carboxylic acids is 2. The number of nitrogens with one attached hydrogen (secondary N) is 1. The van der Waals surface area contributed by atoms with Crippen LogP contribution < -0.4 is 11.1 Å². The molecule has 0 radical (unpaired) electrons. The van der Waals surface area contributed by atoms with Gasteiger partial charge in [0, 0.05) is 6.42 Å². The molecular formula is C9H15F3N2O5. The van der Waals surface area contributed by atoms with Gasteiger partial charge >= 0.3 is 18.1 Å². The third-order valence-corrected chi connectivity index (χ3v) is 1.68. The van der Waals surface area contributed by atoms with E-state index in [1.807, 2.05) is 6.92 Å². The molecule has 0 aliphatic rings. The van der Waals surface area contributed by atoms with Crippen molar-refractivity contribution in [1.29, 1.82) is 0 Å². The number of halogens is 3. The van der Waals surface area contributed by atoms with E-state index in [4.69, 9.17) is 20.7 Å². The molecule has 1 amide bonds. The number of rotatable bonds is 6. The van der Waals surface area contributed by atoms with E-state index in [0.717, 1.165) is 0 Å². The topological polar surface area (TPSA) is 130 Å². The number of carboxylic acid groups (broad SMARTS) is 2. The molecule has 10 heteroatoms. The van der Waals surface area contributed by atoms with Crippen LogP contribution in [0.1, 0.15) is 19.8 Å². The summed E-state index contributed by atoms with van der Waals surface area (Å²) >= 11 is 0. The van der Waals surface area contributed by atoms with Gasteiger partial charge in [0.1, 0.15) is 0 Å². The van der Waals surface area contributed by atoms with E-state index in [9.17, 15) is 22.8 Å². The van der Waals surface area contributed by atoms with E-state index >= 15 is 0 Å². The van der Waals surface area contributed by atoms with Gasteiger partial charge in [-0.3, -0.25) is 9.59 Å². The second-order valence-electron chi connectivity index (χ2n) is 3.25. The molecule has 1 atom stereocenters. The average molecular weight is 288 g/mol. The van der Waals surface area contributed by atoms with Gasteiger partial charge in [-0.1, -0.05) is 6.92 Å². The van der Waals surface area contributed by atoms with E-state index in [0.29, 0.717) is 6.54 Å². The maximum atomic E-state index is 10.7. The number of nitrogens with two attached hydrogens (primary N) is 1. The second-order valence-corrected chi connectivity index (χ2v) is 3.25. The van der Waals surface area contributed by atoms with E-state index < -0.39 is 30.1 Å². The average Bonchev–Trinajstić information content (AvgIpc) is 2.22. The van der Waals surface area contributed by atoms with Crippen molar-refractivity contribution in [3.8, 4) is 0 Å². The molecule has 0 fully saturated rings. The van der Waals surface area contributed by atoms with Gasteiger partial charge in [-0.05, 0) is 13.0 Å². The van der Waals surface area contributed by atoms with Crippen molar-refractivity contribution in [2.75, 3.05) is 6.54 Å². The van der Waals surface area contributed by atoms with E-state index in [-0.39, 0.29) is 12.8 Å². The van der Waals surface area contributed by atoms with Crippen LogP contribution in [-0.4, -0.2) is 46.8 Å². The van der Waals surface area contributed by atoms with Crippen LogP contribution in [0.5, 0.6) is 0 Å². The third kappa shape index (κ3) is 12.4. The quantitative estimate of drug-likeness (QED) is 0.542. The van der Waals surface area contributed by atoms with Crippen LogP contribution in [0.15, 0.2) is 0 Å². The Kier molecular flexibility index (Phi) is 9.38. The monoisotopic (exact) mass is 288 g/mol. The Bertz CT molecular complexity index is 319. The minimum Gasteiger partial charge on any atom is -0.481 e. The van der Waals surface area contributed by atoms with Gasteiger partial charge in [-0.2, -0.15) is 13.2 Å². The summed E-state index contributed by atoms with van der Waals surface area (Å²) in [6.45, 7) is 2.43. The highest BCUT2D eigenvalue weighted by Gasteiger charge is 2.38. The molecular weight excluding hydrogens is 273 g/mol. The standard InChI is InChI=1S/C7H14N2O3.C2HF3O2/c1-2-9-5(7(8)12)3-4-6(10)11;3-2(4,5)1(6)7/h5,9H,2-4H2,1H3,(H2,8,12)(H,10,11);(H,6,7)/t5-;/m1./s1. The zero-order valence-electron chi connectivity index (χ0n) is 10.0. The summed E-state index contributed by atoms with van der Waals surface area (Å²) < 4.78 is 31.7. The number of amides is 1. The molecule has 0 rings (SSSR count). The molecule has 7 nitrogen and oxygen atoms in total. The zero-order valence-corrected chi connectivity index (χ0v) is 10.0. The van der Waals surface area contributed by atoms with Crippen molar-refractivity contribution in [3.05, 3.63) is 0 Å². The van der Waals surface area contributed by atoms with Gasteiger partial charge in [0.25, 0.3) is 0 Å². The molecule has 0 aromatic carbocycles. The maximum Gasteiger partial charge on any atom is 0.490 e. The highest BCUT2D eigenvalue weighted by atomic mass is 19.4. The van der Waals surface area contributed by atoms with Gasteiger partial charge in [-0.15, -0.1) is 0 Å². The lowest BCUT2D eigenvalue weighted by atomic mass is 10.1. The van der Waals surface area contributed by atoms with Crippen LogP contribution in [0, 0.1) is 0 Å². The van der Waals surface area contributed by atoms with E-state index in [1.165, 1.54) is 0 Å². The highest BCUT2D eigenvalue weighted by molar-refractivity contribution is 5.80. The van der Waals surface area contributed by atoms with Gasteiger partial charge in [0.2, 0.25) is 5.91 Å². The SMILES string of the molecule is CCN[C@H](CCC(=O)O)C(N)=O.O=C(O)C(F)(F)F. The number of carbonyl (C=O) groups excluding carboxylic acids is 1. The Labute approximate surface area is 106 Å². The van der Waals surface area contributed by atoms with Crippen molar-refractivity contribution in [2.24, 2.45) is 5.73 Å². The normalized spacial score (nSPS) is 12.0. The molecule has 0 heterocycles. The smallest absolute Gasteiger partial charge is 0.481 e. The first kappa shape index (κ1) is 19.5. The van der Waals surface area contributed by atoms with Crippen molar-refractivity contribution in [3.63, 3.8) is 0 Å².